The van der Waals surface area contributed by atoms with Gasteiger partial charge in [-0.2, -0.15) is 0 Å². The van der Waals surface area contributed by atoms with Gasteiger partial charge in [0.2, 0.25) is 0 Å². The minimum atomic E-state index is 0.813. The van der Waals surface area contributed by atoms with Crippen molar-refractivity contribution in [2.24, 2.45) is 0 Å². The van der Waals surface area contributed by atoms with E-state index in [1.165, 1.54) is 37.9 Å². The molecule has 2 heteroatoms. The van der Waals surface area contributed by atoms with Gasteiger partial charge < -0.3 is 0 Å². The molecule has 0 aliphatic heterocycles. The molecule has 2 aromatic rings. The lowest BCUT2D eigenvalue weighted by Gasteiger charge is -2.18. The van der Waals surface area contributed by atoms with Gasteiger partial charge in [0.05, 0.1) is 0 Å². The Bertz CT molecular complexity index is 665. The Balaban J connectivity index is 2.11. The minimum absolute atomic E-state index is 0.813. The first kappa shape index (κ1) is 14.5. The molecule has 0 atom stereocenters. The predicted molar refractivity (Wildman–Crippen MR) is 90.3 cm³/mol. The molecule has 0 radical (unpaired) electrons. The summed E-state index contributed by atoms with van der Waals surface area (Å²) >= 11 is 3.64. The number of carbonyl (C=O) groups is 1. The molecule has 0 amide bonds. The quantitative estimate of drug-likeness (QED) is 0.682. The minimum Gasteiger partial charge on any atom is -0.298 e. The van der Waals surface area contributed by atoms with Crippen LogP contribution >= 0.6 is 15.9 Å². The lowest BCUT2D eigenvalue weighted by Crippen LogP contribution is -2.07. The van der Waals surface area contributed by atoms with E-state index in [0.717, 1.165) is 37.5 Å². The smallest absolute Gasteiger partial charge is 0.150 e. The number of rotatable bonds is 1. The van der Waals surface area contributed by atoms with Gasteiger partial charge in [0, 0.05) is 10.0 Å². The van der Waals surface area contributed by atoms with Crippen molar-refractivity contribution in [2.45, 2.75) is 39.5 Å². The molecule has 3 rings (SSSR count). The topological polar surface area (TPSA) is 17.1 Å². The highest BCUT2D eigenvalue weighted by Crippen LogP contribution is 2.27. The highest BCUT2D eigenvalue weighted by Gasteiger charge is 2.13. The van der Waals surface area contributed by atoms with Crippen molar-refractivity contribution in [3.63, 3.8) is 0 Å². The van der Waals surface area contributed by atoms with E-state index in [0.29, 0.717) is 0 Å². The zero-order chi connectivity index (χ0) is 15.0. The van der Waals surface area contributed by atoms with Gasteiger partial charge in [-0.25, -0.2) is 0 Å². The largest absolute Gasteiger partial charge is 0.298 e. The summed E-state index contributed by atoms with van der Waals surface area (Å²) in [5.74, 6) is 0. The maximum absolute atomic E-state index is 11.2. The standard InChI is InChI=1S/C19H19BrO/c1-12-15-3-5-17-9-19(20)10-18(13(17)2)6-4-16(12)8-14(7-15)11-21/h7-11H,3-6H2,1-2H3. The third-order valence-electron chi connectivity index (χ3n) is 4.70. The van der Waals surface area contributed by atoms with Crippen LogP contribution in [0.4, 0.5) is 0 Å². The van der Waals surface area contributed by atoms with E-state index in [-0.39, 0.29) is 0 Å². The molecule has 2 aromatic carbocycles. The van der Waals surface area contributed by atoms with Crippen molar-refractivity contribution in [2.75, 3.05) is 0 Å². The lowest BCUT2D eigenvalue weighted by molar-refractivity contribution is 0.112. The second kappa shape index (κ2) is 5.76. The zero-order valence-electron chi connectivity index (χ0n) is 12.5. The van der Waals surface area contributed by atoms with E-state index in [9.17, 15) is 4.79 Å². The average molecular weight is 343 g/mol. The van der Waals surface area contributed by atoms with Gasteiger partial charge in [-0.3, -0.25) is 4.79 Å². The Labute approximate surface area is 134 Å². The number of aryl methyl sites for hydroxylation is 4. The van der Waals surface area contributed by atoms with Crippen LogP contribution in [0.5, 0.6) is 0 Å². The highest BCUT2D eigenvalue weighted by atomic mass is 79.9. The summed E-state index contributed by atoms with van der Waals surface area (Å²) < 4.78 is 1.17. The van der Waals surface area contributed by atoms with Crippen LogP contribution in [0.2, 0.25) is 0 Å². The maximum Gasteiger partial charge on any atom is 0.150 e. The fourth-order valence-electron chi connectivity index (χ4n) is 3.31. The van der Waals surface area contributed by atoms with Crippen molar-refractivity contribution in [1.82, 2.24) is 0 Å². The fourth-order valence-corrected chi connectivity index (χ4v) is 3.86. The molecule has 4 bridgehead atoms. The van der Waals surface area contributed by atoms with Crippen molar-refractivity contribution < 1.29 is 4.79 Å². The molecule has 21 heavy (non-hydrogen) atoms. The number of halogens is 1. The molecule has 0 unspecified atom stereocenters. The SMILES string of the molecule is Cc1c2cc(Br)cc1CCc1cc(C=O)cc(c1C)CC2. The van der Waals surface area contributed by atoms with E-state index in [2.05, 4.69) is 54.0 Å². The molecular weight excluding hydrogens is 324 g/mol. The molecule has 0 heterocycles. The molecule has 0 aromatic heterocycles. The molecule has 1 aliphatic carbocycles. The molecule has 0 saturated carbocycles. The molecule has 0 spiro atoms. The summed E-state index contributed by atoms with van der Waals surface area (Å²) in [7, 11) is 0. The number of aldehydes is 1. The third kappa shape index (κ3) is 2.82. The summed E-state index contributed by atoms with van der Waals surface area (Å²) in [6, 6.07) is 8.59. The monoisotopic (exact) mass is 342 g/mol. The number of hydrogen-bond donors (Lipinski definition) is 0. The number of benzene rings is 2. The van der Waals surface area contributed by atoms with Crippen molar-refractivity contribution in [3.8, 4) is 0 Å². The van der Waals surface area contributed by atoms with Crippen LogP contribution in [0, 0.1) is 13.8 Å². The van der Waals surface area contributed by atoms with E-state index < -0.39 is 0 Å². The second-order valence-corrected chi connectivity index (χ2v) is 6.85. The van der Waals surface area contributed by atoms with Gasteiger partial charge in [-0.15, -0.1) is 0 Å². The molecule has 1 nitrogen and oxygen atoms in total. The Kier molecular flexibility index (Phi) is 3.99. The summed E-state index contributed by atoms with van der Waals surface area (Å²) in [4.78, 5) is 11.2. The molecule has 1 aliphatic rings. The van der Waals surface area contributed by atoms with Crippen LogP contribution in [-0.4, -0.2) is 6.29 Å². The second-order valence-electron chi connectivity index (χ2n) is 5.93. The first-order valence-electron chi connectivity index (χ1n) is 7.44. The molecular formula is C19H19BrO. The maximum atomic E-state index is 11.2. The normalized spacial score (nSPS) is 13.9. The Morgan fingerprint density at radius 2 is 1.19 bits per heavy atom. The number of fused-ring (bicyclic) bond motifs is 4. The lowest BCUT2D eigenvalue weighted by atomic mass is 9.87. The van der Waals surface area contributed by atoms with Gasteiger partial charge in [0.25, 0.3) is 0 Å². The fraction of sp³-hybridized carbons (Fsp3) is 0.316. The van der Waals surface area contributed by atoms with Gasteiger partial charge in [0.15, 0.2) is 0 Å². The van der Waals surface area contributed by atoms with Gasteiger partial charge >= 0.3 is 0 Å². The molecule has 0 saturated heterocycles. The third-order valence-corrected chi connectivity index (χ3v) is 5.15. The van der Waals surface area contributed by atoms with Crippen molar-refractivity contribution in [3.05, 3.63) is 67.7 Å². The van der Waals surface area contributed by atoms with E-state index in [4.69, 9.17) is 0 Å². The van der Waals surface area contributed by atoms with Gasteiger partial charge in [-0.1, -0.05) is 15.9 Å². The Morgan fingerprint density at radius 3 is 1.57 bits per heavy atom. The number of carbonyl (C=O) groups excluding carboxylic acids is 1. The van der Waals surface area contributed by atoms with Crippen LogP contribution in [0.1, 0.15) is 43.7 Å². The zero-order valence-corrected chi connectivity index (χ0v) is 14.1. The summed E-state index contributed by atoms with van der Waals surface area (Å²) in [5.41, 5.74) is 9.07. The van der Waals surface area contributed by atoms with Gasteiger partial charge in [0.1, 0.15) is 6.29 Å². The molecule has 0 N–H and O–H groups in total. The molecule has 108 valence electrons. The highest BCUT2D eigenvalue weighted by molar-refractivity contribution is 9.10. The van der Waals surface area contributed by atoms with Crippen LogP contribution in [0.3, 0.4) is 0 Å². The van der Waals surface area contributed by atoms with Crippen LogP contribution in [0.25, 0.3) is 0 Å². The van der Waals surface area contributed by atoms with Gasteiger partial charge in [-0.05, 0) is 97.2 Å². The van der Waals surface area contributed by atoms with Crippen molar-refractivity contribution in [1.29, 1.82) is 0 Å². The van der Waals surface area contributed by atoms with E-state index in [1.54, 1.807) is 0 Å². The predicted octanol–water partition coefficient (Wildman–Crippen LogP) is 4.76. The number of hydrogen-bond acceptors (Lipinski definition) is 1. The van der Waals surface area contributed by atoms with Crippen molar-refractivity contribution >= 4 is 22.2 Å². The summed E-state index contributed by atoms with van der Waals surface area (Å²) in [6.07, 6.45) is 5.02. The van der Waals surface area contributed by atoms with Crippen LogP contribution < -0.4 is 0 Å². The molecule has 0 fully saturated rings. The Morgan fingerprint density at radius 1 is 0.810 bits per heavy atom. The first-order valence-corrected chi connectivity index (χ1v) is 8.23. The van der Waals surface area contributed by atoms with E-state index in [1.807, 2.05) is 0 Å². The average Bonchev–Trinajstić information content (AvgIpc) is 2.47. The Hall–Kier alpha value is -1.41. The summed E-state index contributed by atoms with van der Waals surface area (Å²) in [5, 5.41) is 0. The first-order chi connectivity index (χ1) is 10.1. The van der Waals surface area contributed by atoms with Crippen LogP contribution in [0.15, 0.2) is 28.7 Å². The van der Waals surface area contributed by atoms with Crippen LogP contribution in [-0.2, 0) is 25.7 Å². The van der Waals surface area contributed by atoms with E-state index >= 15 is 0 Å². The summed E-state index contributed by atoms with van der Waals surface area (Å²) in [6.45, 7) is 4.43.